The van der Waals surface area contributed by atoms with Gasteiger partial charge in [0.2, 0.25) is 0 Å². The molecule has 0 spiro atoms. The van der Waals surface area contributed by atoms with Gasteiger partial charge in [0.25, 0.3) is 0 Å². The number of hydrogen-bond donors (Lipinski definition) is 2. The van der Waals surface area contributed by atoms with Crippen LogP contribution in [0.15, 0.2) is 0 Å². The van der Waals surface area contributed by atoms with Crippen molar-refractivity contribution in [2.24, 2.45) is 0 Å². The summed E-state index contributed by atoms with van der Waals surface area (Å²) < 4.78 is 0. The summed E-state index contributed by atoms with van der Waals surface area (Å²) in [5, 5.41) is 6.47. The maximum Gasteiger partial charge on any atom is 0.318 e. The van der Waals surface area contributed by atoms with Crippen LogP contribution in [-0.2, 0) is 0 Å². The highest BCUT2D eigenvalue weighted by molar-refractivity contribution is 5.75. The van der Waals surface area contributed by atoms with Gasteiger partial charge in [0, 0.05) is 24.2 Å². The molecule has 1 rings (SSSR count). The van der Waals surface area contributed by atoms with E-state index in [2.05, 4.69) is 24.5 Å². The van der Waals surface area contributed by atoms with Crippen LogP contribution in [0.25, 0.3) is 0 Å². The molecule has 0 aliphatic carbocycles. The third kappa shape index (κ3) is 4.94. The van der Waals surface area contributed by atoms with Gasteiger partial charge in [-0.15, -0.1) is 0 Å². The van der Waals surface area contributed by atoms with E-state index in [9.17, 15) is 4.79 Å². The van der Waals surface area contributed by atoms with Crippen molar-refractivity contribution in [1.29, 1.82) is 0 Å². The first-order valence-electron chi connectivity index (χ1n) is 6.62. The minimum atomic E-state index is -0.173. The van der Waals surface area contributed by atoms with Gasteiger partial charge in [0.1, 0.15) is 0 Å². The lowest BCUT2D eigenvalue weighted by atomic mass is 10.1. The van der Waals surface area contributed by atoms with Crippen molar-refractivity contribution in [1.82, 2.24) is 15.5 Å². The van der Waals surface area contributed by atoms with E-state index in [1.807, 2.05) is 25.7 Å². The van der Waals surface area contributed by atoms with Crippen molar-refractivity contribution in [2.45, 2.75) is 65.1 Å². The molecule has 1 fully saturated rings. The van der Waals surface area contributed by atoms with E-state index in [-0.39, 0.29) is 17.6 Å². The van der Waals surface area contributed by atoms with Crippen molar-refractivity contribution in [2.75, 3.05) is 13.1 Å². The molecular weight excluding hydrogens is 214 g/mol. The molecule has 0 aromatic rings. The van der Waals surface area contributed by atoms with E-state index in [0.29, 0.717) is 6.04 Å². The molecule has 4 heteroatoms. The summed E-state index contributed by atoms with van der Waals surface area (Å²) in [6.07, 6.45) is 2.39. The summed E-state index contributed by atoms with van der Waals surface area (Å²) in [7, 11) is 0. The molecule has 17 heavy (non-hydrogen) atoms. The monoisotopic (exact) mass is 241 g/mol. The van der Waals surface area contributed by atoms with E-state index >= 15 is 0 Å². The Balaban J connectivity index is 2.55. The maximum atomic E-state index is 12.2. The second-order valence-electron chi connectivity index (χ2n) is 6.22. The Bertz CT molecular complexity index is 252. The summed E-state index contributed by atoms with van der Waals surface area (Å²) in [4.78, 5) is 14.1. The predicted molar refractivity (Wildman–Crippen MR) is 71.2 cm³/mol. The number of carbonyl (C=O) groups excluding carboxylic acids is 1. The molecule has 0 bridgehead atoms. The lowest BCUT2D eigenvalue weighted by Gasteiger charge is -2.33. The van der Waals surface area contributed by atoms with Crippen molar-refractivity contribution in [3.8, 4) is 0 Å². The second kappa shape index (κ2) is 5.71. The van der Waals surface area contributed by atoms with Crippen molar-refractivity contribution in [3.05, 3.63) is 0 Å². The first-order valence-corrected chi connectivity index (χ1v) is 6.62. The molecule has 4 nitrogen and oxygen atoms in total. The molecule has 1 unspecified atom stereocenters. The van der Waals surface area contributed by atoms with Crippen LogP contribution >= 0.6 is 0 Å². The molecule has 1 aliphatic rings. The highest BCUT2D eigenvalue weighted by atomic mass is 16.2. The quantitative estimate of drug-likeness (QED) is 0.793. The normalized spacial score (nSPS) is 20.7. The third-order valence-electron chi connectivity index (χ3n) is 2.95. The number of urea groups is 1. The zero-order valence-corrected chi connectivity index (χ0v) is 11.8. The maximum absolute atomic E-state index is 12.2. The summed E-state index contributed by atoms with van der Waals surface area (Å²) >= 11 is 0. The van der Waals surface area contributed by atoms with Crippen LogP contribution < -0.4 is 10.6 Å². The average molecular weight is 241 g/mol. The van der Waals surface area contributed by atoms with Gasteiger partial charge in [-0.2, -0.15) is 0 Å². The van der Waals surface area contributed by atoms with Crippen molar-refractivity contribution >= 4 is 6.03 Å². The SMILES string of the molecule is CC(C)N(CC1CCCN1)C(=O)NC(C)(C)C. The summed E-state index contributed by atoms with van der Waals surface area (Å²) in [5.74, 6) is 0. The lowest BCUT2D eigenvalue weighted by molar-refractivity contribution is 0.168. The first-order chi connectivity index (χ1) is 7.79. The fourth-order valence-electron chi connectivity index (χ4n) is 2.07. The molecule has 1 atom stereocenters. The number of hydrogen-bond acceptors (Lipinski definition) is 2. The summed E-state index contributed by atoms with van der Waals surface area (Å²) in [6, 6.07) is 0.740. The highest BCUT2D eigenvalue weighted by Gasteiger charge is 2.25. The van der Waals surface area contributed by atoms with E-state index in [1.165, 1.54) is 12.8 Å². The molecule has 0 saturated carbocycles. The molecule has 2 amide bonds. The average Bonchev–Trinajstić information content (AvgIpc) is 2.62. The van der Waals surface area contributed by atoms with Gasteiger partial charge in [-0.3, -0.25) is 0 Å². The largest absolute Gasteiger partial charge is 0.333 e. The third-order valence-corrected chi connectivity index (χ3v) is 2.95. The molecule has 2 N–H and O–H groups in total. The number of rotatable bonds is 3. The fraction of sp³-hybridized carbons (Fsp3) is 0.923. The van der Waals surface area contributed by atoms with Gasteiger partial charge in [-0.25, -0.2) is 4.79 Å². The van der Waals surface area contributed by atoms with Crippen LogP contribution in [0.2, 0.25) is 0 Å². The van der Waals surface area contributed by atoms with Gasteiger partial charge in [-0.1, -0.05) is 0 Å². The predicted octanol–water partition coefficient (Wildman–Crippen LogP) is 1.96. The minimum Gasteiger partial charge on any atom is -0.333 e. The van der Waals surface area contributed by atoms with Gasteiger partial charge in [0.05, 0.1) is 0 Å². The Hall–Kier alpha value is -0.770. The zero-order chi connectivity index (χ0) is 13.1. The van der Waals surface area contributed by atoms with Crippen LogP contribution in [0.4, 0.5) is 4.79 Å². The number of nitrogens with zero attached hydrogens (tertiary/aromatic N) is 1. The van der Waals surface area contributed by atoms with Gasteiger partial charge in [-0.05, 0) is 54.0 Å². The molecule has 0 aromatic heterocycles. The van der Waals surface area contributed by atoms with Crippen LogP contribution in [0, 0.1) is 0 Å². The fourth-order valence-corrected chi connectivity index (χ4v) is 2.07. The molecule has 0 radical (unpaired) electrons. The highest BCUT2D eigenvalue weighted by Crippen LogP contribution is 2.11. The van der Waals surface area contributed by atoms with Crippen LogP contribution in [0.5, 0.6) is 0 Å². The summed E-state index contributed by atoms with van der Waals surface area (Å²) in [6.45, 7) is 12.1. The second-order valence-corrected chi connectivity index (χ2v) is 6.22. The smallest absolute Gasteiger partial charge is 0.318 e. The molecule has 100 valence electrons. The number of nitrogens with one attached hydrogen (secondary N) is 2. The Labute approximate surface area is 105 Å². The van der Waals surface area contributed by atoms with Gasteiger partial charge < -0.3 is 15.5 Å². The van der Waals surface area contributed by atoms with E-state index < -0.39 is 0 Å². The topological polar surface area (TPSA) is 44.4 Å². The Morgan fingerprint density at radius 2 is 2.12 bits per heavy atom. The van der Waals surface area contributed by atoms with Crippen LogP contribution in [0.3, 0.4) is 0 Å². The summed E-state index contributed by atoms with van der Waals surface area (Å²) in [5.41, 5.74) is -0.173. The van der Waals surface area contributed by atoms with Crippen molar-refractivity contribution in [3.63, 3.8) is 0 Å². The first kappa shape index (κ1) is 14.3. The number of carbonyl (C=O) groups is 1. The lowest BCUT2D eigenvalue weighted by Crippen LogP contribution is -2.53. The van der Waals surface area contributed by atoms with E-state index in [0.717, 1.165) is 13.1 Å². The molecule has 1 aliphatic heterocycles. The Kier molecular flexibility index (Phi) is 4.80. The van der Waals surface area contributed by atoms with Gasteiger partial charge >= 0.3 is 6.03 Å². The van der Waals surface area contributed by atoms with E-state index in [4.69, 9.17) is 0 Å². The van der Waals surface area contributed by atoms with Crippen LogP contribution in [0.1, 0.15) is 47.5 Å². The zero-order valence-electron chi connectivity index (χ0n) is 11.8. The van der Waals surface area contributed by atoms with E-state index in [1.54, 1.807) is 0 Å². The molecule has 1 saturated heterocycles. The molecular formula is C13H27N3O. The molecule has 1 heterocycles. The van der Waals surface area contributed by atoms with Crippen LogP contribution in [-0.4, -0.2) is 41.6 Å². The molecule has 0 aromatic carbocycles. The Morgan fingerprint density at radius 3 is 2.53 bits per heavy atom. The van der Waals surface area contributed by atoms with Gasteiger partial charge in [0.15, 0.2) is 0 Å². The Morgan fingerprint density at radius 1 is 1.47 bits per heavy atom. The minimum absolute atomic E-state index is 0.0428. The number of amides is 2. The van der Waals surface area contributed by atoms with Crippen molar-refractivity contribution < 1.29 is 4.79 Å². The standard InChI is InChI=1S/C13H27N3O/c1-10(2)16(9-11-7-6-8-14-11)12(17)15-13(3,4)5/h10-11,14H,6-9H2,1-5H3,(H,15,17).